The van der Waals surface area contributed by atoms with E-state index in [1.165, 1.54) is 17.3 Å². The van der Waals surface area contributed by atoms with E-state index >= 15 is 0 Å². The van der Waals surface area contributed by atoms with E-state index in [4.69, 9.17) is 4.74 Å². The van der Waals surface area contributed by atoms with Crippen LogP contribution in [0.15, 0.2) is 93.8 Å². The maximum absolute atomic E-state index is 12.6. The fourth-order valence-electron chi connectivity index (χ4n) is 3.51. The Morgan fingerprint density at radius 3 is 2.56 bits per heavy atom. The molecule has 1 N–H and O–H groups in total. The Morgan fingerprint density at radius 1 is 1.09 bits per heavy atom. The minimum Gasteiger partial charge on any atom is -0.487 e. The van der Waals surface area contributed by atoms with E-state index in [1.807, 2.05) is 66.7 Å². The van der Waals surface area contributed by atoms with Crippen LogP contribution in [0.25, 0.3) is 6.08 Å². The molecule has 0 spiro atoms. The van der Waals surface area contributed by atoms with E-state index < -0.39 is 0 Å². The SMILES string of the molecule is C=CCc1cc(/C=C2\SC(=Nc3ccc(CC)cc3)NC2=O)cc(Br)c1OCc1ccccc1. The smallest absolute Gasteiger partial charge is 0.264 e. The van der Waals surface area contributed by atoms with Crippen LogP contribution in [0.5, 0.6) is 5.75 Å². The zero-order chi connectivity index (χ0) is 23.9. The molecule has 6 heteroatoms. The van der Waals surface area contributed by atoms with Crippen molar-refractivity contribution in [2.45, 2.75) is 26.4 Å². The molecule has 0 atom stereocenters. The number of aliphatic imine (C=N–C) groups is 1. The van der Waals surface area contributed by atoms with Gasteiger partial charge in [-0.1, -0.05) is 55.5 Å². The van der Waals surface area contributed by atoms with Crippen LogP contribution in [-0.2, 0) is 24.2 Å². The monoisotopic (exact) mass is 532 g/mol. The van der Waals surface area contributed by atoms with Crippen molar-refractivity contribution in [3.8, 4) is 5.75 Å². The van der Waals surface area contributed by atoms with Gasteiger partial charge in [-0.15, -0.1) is 6.58 Å². The Bertz CT molecular complexity index is 1250. The third-order valence-electron chi connectivity index (χ3n) is 5.26. The minimum absolute atomic E-state index is 0.153. The lowest BCUT2D eigenvalue weighted by atomic mass is 10.1. The van der Waals surface area contributed by atoms with Gasteiger partial charge in [0.25, 0.3) is 5.91 Å². The summed E-state index contributed by atoms with van der Waals surface area (Å²) in [7, 11) is 0. The van der Waals surface area contributed by atoms with Crippen molar-refractivity contribution < 1.29 is 9.53 Å². The molecule has 1 aliphatic rings. The fraction of sp³-hybridized carbons (Fsp3) is 0.143. The summed E-state index contributed by atoms with van der Waals surface area (Å²) in [4.78, 5) is 17.7. The highest BCUT2D eigenvalue weighted by molar-refractivity contribution is 9.10. The van der Waals surface area contributed by atoms with Crippen molar-refractivity contribution in [1.29, 1.82) is 0 Å². The molecule has 172 valence electrons. The van der Waals surface area contributed by atoms with Crippen molar-refractivity contribution in [3.63, 3.8) is 0 Å². The summed E-state index contributed by atoms with van der Waals surface area (Å²) in [6.45, 7) is 6.47. The highest BCUT2D eigenvalue weighted by Gasteiger charge is 2.24. The van der Waals surface area contributed by atoms with Gasteiger partial charge in [0.1, 0.15) is 12.4 Å². The first-order valence-corrected chi connectivity index (χ1v) is 12.6. The summed E-state index contributed by atoms with van der Waals surface area (Å²) in [5, 5.41) is 3.44. The van der Waals surface area contributed by atoms with Crippen molar-refractivity contribution in [1.82, 2.24) is 5.32 Å². The lowest BCUT2D eigenvalue weighted by molar-refractivity contribution is -0.115. The molecular formula is C28H25BrN2O2S. The van der Waals surface area contributed by atoms with Crippen LogP contribution in [0.2, 0.25) is 0 Å². The van der Waals surface area contributed by atoms with Crippen LogP contribution in [-0.4, -0.2) is 11.1 Å². The number of amidine groups is 1. The van der Waals surface area contributed by atoms with E-state index in [9.17, 15) is 4.79 Å². The molecule has 0 aliphatic carbocycles. The number of amides is 1. The maximum Gasteiger partial charge on any atom is 0.264 e. The molecule has 0 radical (unpaired) electrons. The first kappa shape index (κ1) is 24.0. The Morgan fingerprint density at radius 2 is 1.85 bits per heavy atom. The molecule has 0 aromatic heterocycles. The molecule has 1 aliphatic heterocycles. The number of carbonyl (C=O) groups excluding carboxylic acids is 1. The molecule has 1 amide bonds. The number of halogens is 1. The van der Waals surface area contributed by atoms with Crippen LogP contribution < -0.4 is 10.1 Å². The van der Waals surface area contributed by atoms with Crippen LogP contribution in [0.4, 0.5) is 5.69 Å². The van der Waals surface area contributed by atoms with Crippen LogP contribution in [0.3, 0.4) is 0 Å². The second-order valence-corrected chi connectivity index (χ2v) is 9.64. The molecular weight excluding hydrogens is 508 g/mol. The highest BCUT2D eigenvalue weighted by Crippen LogP contribution is 2.35. The minimum atomic E-state index is -0.153. The predicted octanol–water partition coefficient (Wildman–Crippen LogP) is 7.21. The standard InChI is InChI=1S/C28H25BrN2O2S/c1-3-8-22-15-21(16-24(29)26(22)33-18-20-9-6-5-7-10-20)17-25-27(32)31-28(34-25)30-23-13-11-19(4-2)12-14-23/h3,5-7,9-17H,1,4,8,18H2,2H3,(H,30,31,32)/b25-17-. The molecule has 1 fully saturated rings. The summed E-state index contributed by atoms with van der Waals surface area (Å²) in [6, 6.07) is 22.1. The van der Waals surface area contributed by atoms with Gasteiger partial charge < -0.3 is 10.1 Å². The van der Waals surface area contributed by atoms with E-state index in [-0.39, 0.29) is 5.91 Å². The number of nitrogens with one attached hydrogen (secondary N) is 1. The van der Waals surface area contributed by atoms with Crippen LogP contribution in [0.1, 0.15) is 29.2 Å². The van der Waals surface area contributed by atoms with Crippen molar-refractivity contribution in [2.75, 3.05) is 0 Å². The van der Waals surface area contributed by atoms with Crippen molar-refractivity contribution in [2.24, 2.45) is 4.99 Å². The second-order valence-electron chi connectivity index (χ2n) is 7.76. The topological polar surface area (TPSA) is 50.7 Å². The zero-order valence-corrected chi connectivity index (χ0v) is 21.3. The van der Waals surface area contributed by atoms with E-state index in [0.717, 1.165) is 39.0 Å². The number of benzene rings is 3. The average Bonchev–Trinajstić information content (AvgIpc) is 3.18. The van der Waals surface area contributed by atoms with Gasteiger partial charge in [-0.25, -0.2) is 4.99 Å². The van der Waals surface area contributed by atoms with Gasteiger partial charge in [0.05, 0.1) is 15.1 Å². The Kier molecular flexibility index (Phi) is 8.03. The summed E-state index contributed by atoms with van der Waals surface area (Å²) < 4.78 is 6.97. The molecule has 0 unspecified atom stereocenters. The van der Waals surface area contributed by atoms with Gasteiger partial charge in [0, 0.05) is 0 Å². The predicted molar refractivity (Wildman–Crippen MR) is 145 cm³/mol. The Hall–Kier alpha value is -3.09. The number of nitrogens with zero attached hydrogens (tertiary/aromatic N) is 1. The number of hydrogen-bond acceptors (Lipinski definition) is 4. The number of thioether (sulfide) groups is 1. The Balaban J connectivity index is 1.54. The maximum atomic E-state index is 12.6. The summed E-state index contributed by atoms with van der Waals surface area (Å²) in [5.41, 5.74) is 5.07. The van der Waals surface area contributed by atoms with Gasteiger partial charge in [0.15, 0.2) is 5.17 Å². The lowest BCUT2D eigenvalue weighted by Crippen LogP contribution is -2.19. The number of ether oxygens (including phenoxy) is 1. The normalized spacial score (nSPS) is 15.5. The summed E-state index contributed by atoms with van der Waals surface area (Å²) >= 11 is 4.99. The number of allylic oxidation sites excluding steroid dienone is 1. The number of rotatable bonds is 8. The van der Waals surface area contributed by atoms with Gasteiger partial charge in [0.2, 0.25) is 0 Å². The first-order chi connectivity index (χ1) is 16.6. The third-order valence-corrected chi connectivity index (χ3v) is 6.76. The average molecular weight is 533 g/mol. The van der Waals surface area contributed by atoms with Gasteiger partial charge in [-0.05, 0) is 93.1 Å². The van der Waals surface area contributed by atoms with E-state index in [2.05, 4.69) is 51.9 Å². The number of aryl methyl sites for hydroxylation is 1. The highest BCUT2D eigenvalue weighted by atomic mass is 79.9. The lowest BCUT2D eigenvalue weighted by Gasteiger charge is -2.14. The van der Waals surface area contributed by atoms with Gasteiger partial charge in [-0.3, -0.25) is 4.79 Å². The third kappa shape index (κ3) is 6.07. The van der Waals surface area contributed by atoms with Crippen molar-refractivity contribution in [3.05, 3.63) is 111 Å². The molecule has 0 bridgehead atoms. The van der Waals surface area contributed by atoms with E-state index in [0.29, 0.717) is 23.1 Å². The van der Waals surface area contributed by atoms with Gasteiger partial charge >= 0.3 is 0 Å². The van der Waals surface area contributed by atoms with Crippen LogP contribution in [0, 0.1) is 0 Å². The van der Waals surface area contributed by atoms with Crippen molar-refractivity contribution >= 4 is 50.5 Å². The van der Waals surface area contributed by atoms with Crippen LogP contribution >= 0.6 is 27.7 Å². The summed E-state index contributed by atoms with van der Waals surface area (Å²) in [6.07, 6.45) is 5.36. The first-order valence-electron chi connectivity index (χ1n) is 11.0. The quantitative estimate of drug-likeness (QED) is 0.246. The summed E-state index contributed by atoms with van der Waals surface area (Å²) in [5.74, 6) is 0.631. The number of carbonyl (C=O) groups is 1. The molecule has 4 nitrogen and oxygen atoms in total. The zero-order valence-electron chi connectivity index (χ0n) is 18.9. The molecule has 4 rings (SSSR count). The molecule has 1 saturated heterocycles. The largest absolute Gasteiger partial charge is 0.487 e. The molecule has 3 aromatic rings. The second kappa shape index (κ2) is 11.4. The molecule has 1 heterocycles. The molecule has 34 heavy (non-hydrogen) atoms. The van der Waals surface area contributed by atoms with E-state index in [1.54, 1.807) is 0 Å². The molecule has 3 aromatic carbocycles. The molecule has 0 saturated carbocycles. The number of hydrogen-bond donors (Lipinski definition) is 1. The Labute approximate surface area is 213 Å². The fourth-order valence-corrected chi connectivity index (χ4v) is 4.99. The van der Waals surface area contributed by atoms with Gasteiger partial charge in [-0.2, -0.15) is 0 Å².